The molecule has 0 spiro atoms. The van der Waals surface area contributed by atoms with Crippen LogP contribution in [0.5, 0.6) is 0 Å². The second-order valence-electron chi connectivity index (χ2n) is 2.88. The van der Waals surface area contributed by atoms with Gasteiger partial charge in [0.15, 0.2) is 0 Å². The lowest BCUT2D eigenvalue weighted by Crippen LogP contribution is -2.34. The minimum atomic E-state index is -0.681. The van der Waals surface area contributed by atoms with Gasteiger partial charge in [-0.15, -0.1) is 0 Å². The third kappa shape index (κ3) is 0.645. The van der Waals surface area contributed by atoms with Gasteiger partial charge in [0.25, 0.3) is 0 Å². The van der Waals surface area contributed by atoms with Crippen LogP contribution in [0.2, 0.25) is 0 Å². The van der Waals surface area contributed by atoms with E-state index in [0.717, 1.165) is 13.0 Å². The molecule has 1 saturated carbocycles. The second-order valence-corrected chi connectivity index (χ2v) is 2.88. The quantitative estimate of drug-likeness (QED) is 0.507. The van der Waals surface area contributed by atoms with E-state index < -0.39 is 5.97 Å². The van der Waals surface area contributed by atoms with Crippen molar-refractivity contribution in [2.24, 2.45) is 11.8 Å². The standard InChI is InChI=1S/C6H9NO2/c8-6(9)5-4-1-3(4)2-7-5/h3-5,7H,1-2H2,(H,8,9)/t3-,4+,5+/m1/s1. The Morgan fingerprint density at radius 2 is 2.44 bits per heavy atom. The van der Waals surface area contributed by atoms with Crippen molar-refractivity contribution < 1.29 is 9.90 Å². The Kier molecular flexibility index (Phi) is 0.858. The Labute approximate surface area is 53.1 Å². The van der Waals surface area contributed by atoms with Gasteiger partial charge in [0.05, 0.1) is 0 Å². The molecule has 0 aromatic heterocycles. The zero-order valence-electron chi connectivity index (χ0n) is 5.00. The number of carboxylic acids is 1. The molecule has 50 valence electrons. The van der Waals surface area contributed by atoms with Crippen LogP contribution in [0.15, 0.2) is 0 Å². The highest BCUT2D eigenvalue weighted by molar-refractivity contribution is 5.75. The summed E-state index contributed by atoms with van der Waals surface area (Å²) < 4.78 is 0. The number of carbonyl (C=O) groups is 1. The monoisotopic (exact) mass is 127 g/mol. The average molecular weight is 127 g/mol. The first kappa shape index (κ1) is 5.23. The summed E-state index contributed by atoms with van der Waals surface area (Å²) in [5, 5.41) is 11.5. The van der Waals surface area contributed by atoms with Gasteiger partial charge in [0.1, 0.15) is 6.04 Å². The van der Waals surface area contributed by atoms with Gasteiger partial charge in [-0.05, 0) is 24.8 Å². The lowest BCUT2D eigenvalue weighted by atomic mass is 10.2. The molecular weight excluding hydrogens is 118 g/mol. The van der Waals surface area contributed by atoms with Crippen molar-refractivity contribution in [3.63, 3.8) is 0 Å². The van der Waals surface area contributed by atoms with E-state index in [1.807, 2.05) is 0 Å². The van der Waals surface area contributed by atoms with Crippen molar-refractivity contribution in [2.45, 2.75) is 12.5 Å². The summed E-state index contributed by atoms with van der Waals surface area (Å²) in [5.74, 6) is 0.466. The molecule has 1 aliphatic carbocycles. The molecule has 1 heterocycles. The maximum absolute atomic E-state index is 10.4. The third-order valence-corrected chi connectivity index (χ3v) is 2.27. The average Bonchev–Trinajstić information content (AvgIpc) is 2.43. The van der Waals surface area contributed by atoms with Crippen molar-refractivity contribution in [2.75, 3.05) is 6.54 Å². The first-order valence-electron chi connectivity index (χ1n) is 3.25. The normalized spacial score (nSPS) is 46.4. The van der Waals surface area contributed by atoms with E-state index in [1.54, 1.807) is 0 Å². The Balaban J connectivity index is 2.06. The Hall–Kier alpha value is -0.570. The van der Waals surface area contributed by atoms with E-state index in [1.165, 1.54) is 0 Å². The molecule has 0 bridgehead atoms. The molecule has 3 heteroatoms. The van der Waals surface area contributed by atoms with Gasteiger partial charge in [-0.1, -0.05) is 0 Å². The van der Waals surface area contributed by atoms with Gasteiger partial charge in [-0.3, -0.25) is 4.79 Å². The lowest BCUT2D eigenvalue weighted by Gasteiger charge is -2.04. The number of hydrogen-bond acceptors (Lipinski definition) is 2. The van der Waals surface area contributed by atoms with E-state index in [-0.39, 0.29) is 6.04 Å². The number of nitrogens with one attached hydrogen (secondary N) is 1. The number of hydrogen-bond donors (Lipinski definition) is 2. The summed E-state index contributed by atoms with van der Waals surface area (Å²) in [6.45, 7) is 0.918. The van der Waals surface area contributed by atoms with E-state index >= 15 is 0 Å². The molecule has 0 aromatic rings. The molecule has 2 aliphatic rings. The number of fused-ring (bicyclic) bond motifs is 1. The Bertz CT molecular complexity index is 157. The maximum atomic E-state index is 10.4. The molecule has 1 aliphatic heterocycles. The molecule has 0 unspecified atom stereocenters. The van der Waals surface area contributed by atoms with Gasteiger partial charge in [-0.25, -0.2) is 0 Å². The molecule has 9 heavy (non-hydrogen) atoms. The fourth-order valence-corrected chi connectivity index (χ4v) is 1.61. The molecule has 0 aromatic carbocycles. The number of rotatable bonds is 1. The number of carboxylic acid groups (broad SMARTS) is 1. The number of aliphatic carboxylic acids is 1. The van der Waals surface area contributed by atoms with E-state index in [4.69, 9.17) is 5.11 Å². The van der Waals surface area contributed by atoms with Crippen molar-refractivity contribution in [1.82, 2.24) is 5.32 Å². The van der Waals surface area contributed by atoms with Gasteiger partial charge >= 0.3 is 5.97 Å². The van der Waals surface area contributed by atoms with E-state index in [2.05, 4.69) is 5.32 Å². The topological polar surface area (TPSA) is 49.3 Å². The van der Waals surface area contributed by atoms with Crippen LogP contribution in [0.25, 0.3) is 0 Å². The molecule has 3 atom stereocenters. The van der Waals surface area contributed by atoms with Gasteiger partial charge < -0.3 is 10.4 Å². The summed E-state index contributed by atoms with van der Waals surface area (Å²) >= 11 is 0. The molecule has 0 radical (unpaired) electrons. The van der Waals surface area contributed by atoms with Crippen LogP contribution >= 0.6 is 0 Å². The number of piperidine rings is 1. The summed E-state index contributed by atoms with van der Waals surface area (Å²) in [7, 11) is 0. The largest absolute Gasteiger partial charge is 0.480 e. The Morgan fingerprint density at radius 3 is 2.67 bits per heavy atom. The molecule has 2 fully saturated rings. The third-order valence-electron chi connectivity index (χ3n) is 2.27. The zero-order chi connectivity index (χ0) is 6.43. The first-order valence-corrected chi connectivity index (χ1v) is 3.25. The van der Waals surface area contributed by atoms with Crippen molar-refractivity contribution in [3.8, 4) is 0 Å². The van der Waals surface area contributed by atoms with Crippen molar-refractivity contribution in [3.05, 3.63) is 0 Å². The highest BCUT2D eigenvalue weighted by atomic mass is 16.4. The van der Waals surface area contributed by atoms with Crippen molar-refractivity contribution in [1.29, 1.82) is 0 Å². The minimum Gasteiger partial charge on any atom is -0.480 e. The molecule has 2 rings (SSSR count). The molecule has 1 saturated heterocycles. The van der Waals surface area contributed by atoms with Gasteiger partial charge in [0.2, 0.25) is 0 Å². The fourth-order valence-electron chi connectivity index (χ4n) is 1.61. The van der Waals surface area contributed by atoms with Gasteiger partial charge in [-0.2, -0.15) is 0 Å². The highest BCUT2D eigenvalue weighted by Crippen LogP contribution is 2.44. The van der Waals surface area contributed by atoms with Crippen LogP contribution in [0.1, 0.15) is 6.42 Å². The summed E-state index contributed by atoms with van der Waals surface area (Å²) in [4.78, 5) is 10.4. The summed E-state index contributed by atoms with van der Waals surface area (Å²) in [5.41, 5.74) is 0. The molecule has 0 amide bonds. The molecule has 2 N–H and O–H groups in total. The van der Waals surface area contributed by atoms with Gasteiger partial charge in [0, 0.05) is 0 Å². The van der Waals surface area contributed by atoms with Crippen LogP contribution in [0.3, 0.4) is 0 Å². The summed E-state index contributed by atoms with van der Waals surface area (Å²) in [6.07, 6.45) is 1.13. The van der Waals surface area contributed by atoms with Crippen molar-refractivity contribution >= 4 is 5.97 Å². The second kappa shape index (κ2) is 1.48. The van der Waals surface area contributed by atoms with Crippen LogP contribution in [-0.4, -0.2) is 23.7 Å². The summed E-state index contributed by atoms with van der Waals surface area (Å²) in [6, 6.07) is -0.227. The maximum Gasteiger partial charge on any atom is 0.320 e. The van der Waals surface area contributed by atoms with E-state index in [0.29, 0.717) is 11.8 Å². The Morgan fingerprint density at radius 1 is 1.67 bits per heavy atom. The fraction of sp³-hybridized carbons (Fsp3) is 0.833. The van der Waals surface area contributed by atoms with E-state index in [9.17, 15) is 4.79 Å². The predicted molar refractivity (Wildman–Crippen MR) is 31.0 cm³/mol. The lowest BCUT2D eigenvalue weighted by molar-refractivity contribution is -0.139. The SMILES string of the molecule is O=C(O)[C@H]1NC[C@H]2C[C@@H]21. The minimum absolute atomic E-state index is 0.227. The van der Waals surface area contributed by atoms with Crippen LogP contribution in [-0.2, 0) is 4.79 Å². The van der Waals surface area contributed by atoms with Crippen LogP contribution < -0.4 is 5.32 Å². The smallest absolute Gasteiger partial charge is 0.320 e. The first-order chi connectivity index (χ1) is 4.29. The highest BCUT2D eigenvalue weighted by Gasteiger charge is 2.51. The van der Waals surface area contributed by atoms with Crippen LogP contribution in [0.4, 0.5) is 0 Å². The zero-order valence-corrected chi connectivity index (χ0v) is 5.00. The van der Waals surface area contributed by atoms with Crippen LogP contribution in [0, 0.1) is 11.8 Å². The molecule has 3 nitrogen and oxygen atoms in total. The molecular formula is C6H9NO2. The predicted octanol–water partition coefficient (Wildman–Crippen LogP) is -0.321.